The van der Waals surface area contributed by atoms with Crippen LogP contribution in [-0.4, -0.2) is 29.9 Å². The van der Waals surface area contributed by atoms with Crippen molar-refractivity contribution in [3.05, 3.63) is 17.6 Å². The average Bonchev–Trinajstić information content (AvgIpc) is 2.07. The molecule has 14 heavy (non-hydrogen) atoms. The predicted molar refractivity (Wildman–Crippen MR) is 56.7 cm³/mol. The topological polar surface area (TPSA) is 78.9 Å². The average molecular weight is 193 g/mol. The number of nitrogens with two attached hydrogens (primary N) is 1. The van der Waals surface area contributed by atoms with Crippen LogP contribution >= 0.6 is 0 Å². The van der Waals surface area contributed by atoms with E-state index in [9.17, 15) is 0 Å². The first kappa shape index (κ1) is 10.4. The number of amidine groups is 1. The van der Waals surface area contributed by atoms with Gasteiger partial charge in [-0.3, -0.25) is 5.41 Å². The Kier molecular flexibility index (Phi) is 3.01. The van der Waals surface area contributed by atoms with Crippen LogP contribution in [0.1, 0.15) is 11.4 Å². The van der Waals surface area contributed by atoms with Gasteiger partial charge in [-0.1, -0.05) is 0 Å². The van der Waals surface area contributed by atoms with E-state index in [-0.39, 0.29) is 5.84 Å². The number of aryl methyl sites for hydroxylation is 1. The molecule has 5 nitrogen and oxygen atoms in total. The molecule has 0 aliphatic heterocycles. The second kappa shape index (κ2) is 4.04. The summed E-state index contributed by atoms with van der Waals surface area (Å²) in [5, 5.41) is 7.23. The molecule has 5 heteroatoms. The molecule has 0 saturated heterocycles. The van der Waals surface area contributed by atoms with Crippen LogP contribution in [0, 0.1) is 12.3 Å². The Morgan fingerprint density at radius 2 is 2.21 bits per heavy atom. The smallest absolute Gasteiger partial charge is 0.135 e. The van der Waals surface area contributed by atoms with Crippen molar-refractivity contribution in [2.75, 3.05) is 19.0 Å². The maximum absolute atomic E-state index is 7.23. The van der Waals surface area contributed by atoms with Gasteiger partial charge in [-0.05, 0) is 6.92 Å². The fraction of sp³-hybridized carbons (Fsp3) is 0.444. The number of hydrogen-bond acceptors (Lipinski definition) is 4. The number of aromatic nitrogens is 2. The van der Waals surface area contributed by atoms with E-state index in [0.717, 1.165) is 17.2 Å². The van der Waals surface area contributed by atoms with Gasteiger partial charge in [0.1, 0.15) is 11.6 Å². The van der Waals surface area contributed by atoms with Gasteiger partial charge in [-0.15, -0.1) is 0 Å². The Morgan fingerprint density at radius 1 is 1.57 bits per heavy atom. The van der Waals surface area contributed by atoms with Crippen LogP contribution in [0.2, 0.25) is 0 Å². The molecule has 1 heterocycles. The van der Waals surface area contributed by atoms with Gasteiger partial charge in [0, 0.05) is 32.3 Å². The van der Waals surface area contributed by atoms with Crippen molar-refractivity contribution in [1.29, 1.82) is 5.41 Å². The summed E-state index contributed by atoms with van der Waals surface area (Å²) in [7, 11) is 3.82. The van der Waals surface area contributed by atoms with Gasteiger partial charge < -0.3 is 10.6 Å². The van der Waals surface area contributed by atoms with E-state index in [0.29, 0.717) is 6.42 Å². The summed E-state index contributed by atoms with van der Waals surface area (Å²) < 4.78 is 0. The van der Waals surface area contributed by atoms with Crippen LogP contribution in [0.5, 0.6) is 0 Å². The van der Waals surface area contributed by atoms with Crippen LogP contribution in [0.25, 0.3) is 0 Å². The molecule has 3 N–H and O–H groups in total. The minimum absolute atomic E-state index is 0.126. The van der Waals surface area contributed by atoms with E-state index >= 15 is 0 Å². The highest BCUT2D eigenvalue weighted by molar-refractivity contribution is 5.80. The highest BCUT2D eigenvalue weighted by Gasteiger charge is 2.08. The van der Waals surface area contributed by atoms with E-state index in [4.69, 9.17) is 11.1 Å². The van der Waals surface area contributed by atoms with E-state index in [1.165, 1.54) is 0 Å². The summed E-state index contributed by atoms with van der Waals surface area (Å²) in [6, 6.07) is 0. The fourth-order valence-corrected chi connectivity index (χ4v) is 1.20. The predicted octanol–water partition coefficient (Wildman–Crippen LogP) is 0.329. The Hall–Kier alpha value is -1.65. The lowest BCUT2D eigenvalue weighted by molar-refractivity contribution is 0.957. The molecule has 0 atom stereocenters. The van der Waals surface area contributed by atoms with Crippen molar-refractivity contribution >= 4 is 11.7 Å². The standard InChI is InChI=1S/C9H15N5/c1-6-12-5-7(4-8(10)11)9(13-6)14(2)3/h5H,4H2,1-3H3,(H3,10,11). The van der Waals surface area contributed by atoms with Crippen LogP contribution in [0.4, 0.5) is 5.82 Å². The van der Waals surface area contributed by atoms with Crippen molar-refractivity contribution in [3.63, 3.8) is 0 Å². The van der Waals surface area contributed by atoms with Gasteiger partial charge in [-0.2, -0.15) is 0 Å². The first-order valence-electron chi connectivity index (χ1n) is 4.33. The maximum Gasteiger partial charge on any atom is 0.135 e. The molecular formula is C9H15N5. The van der Waals surface area contributed by atoms with Gasteiger partial charge >= 0.3 is 0 Å². The zero-order valence-electron chi connectivity index (χ0n) is 8.70. The fourth-order valence-electron chi connectivity index (χ4n) is 1.20. The Balaban J connectivity index is 3.08. The third-order valence-electron chi connectivity index (χ3n) is 1.77. The van der Waals surface area contributed by atoms with E-state index < -0.39 is 0 Å². The number of rotatable bonds is 3. The summed E-state index contributed by atoms with van der Waals surface area (Å²) in [5.74, 6) is 1.68. The molecule has 0 amide bonds. The SMILES string of the molecule is Cc1ncc(CC(=N)N)c(N(C)C)n1. The Morgan fingerprint density at radius 3 is 2.71 bits per heavy atom. The van der Waals surface area contributed by atoms with Crippen LogP contribution in [0.15, 0.2) is 6.20 Å². The summed E-state index contributed by atoms with van der Waals surface area (Å²) in [6.07, 6.45) is 2.12. The number of nitrogens with zero attached hydrogens (tertiary/aromatic N) is 3. The summed E-state index contributed by atoms with van der Waals surface area (Å²) in [4.78, 5) is 10.3. The molecule has 1 aromatic rings. The van der Waals surface area contributed by atoms with Crippen LogP contribution in [-0.2, 0) is 6.42 Å². The van der Waals surface area contributed by atoms with Gasteiger partial charge in [0.05, 0.1) is 5.84 Å². The number of hydrogen-bond donors (Lipinski definition) is 2. The van der Waals surface area contributed by atoms with Gasteiger partial charge in [-0.25, -0.2) is 9.97 Å². The second-order valence-corrected chi connectivity index (χ2v) is 3.36. The zero-order valence-corrected chi connectivity index (χ0v) is 8.70. The van der Waals surface area contributed by atoms with Crippen molar-refractivity contribution < 1.29 is 0 Å². The molecule has 0 spiro atoms. The molecule has 76 valence electrons. The molecule has 1 aromatic heterocycles. The molecule has 0 saturated carbocycles. The zero-order chi connectivity index (χ0) is 10.7. The normalized spacial score (nSPS) is 9.93. The summed E-state index contributed by atoms with van der Waals surface area (Å²) in [6.45, 7) is 1.84. The molecule has 0 fully saturated rings. The molecule has 0 aliphatic carbocycles. The molecule has 0 aliphatic rings. The third kappa shape index (κ3) is 2.42. The molecule has 0 unspecified atom stereocenters. The lowest BCUT2D eigenvalue weighted by Gasteiger charge is -2.15. The number of anilines is 1. The van der Waals surface area contributed by atoms with Gasteiger partial charge in [0.2, 0.25) is 0 Å². The highest BCUT2D eigenvalue weighted by Crippen LogP contribution is 2.14. The molecule has 0 radical (unpaired) electrons. The van der Waals surface area contributed by atoms with Gasteiger partial charge in [0.15, 0.2) is 0 Å². The maximum atomic E-state index is 7.23. The highest BCUT2D eigenvalue weighted by atomic mass is 15.1. The van der Waals surface area contributed by atoms with Crippen molar-refractivity contribution in [2.24, 2.45) is 5.73 Å². The monoisotopic (exact) mass is 193 g/mol. The summed E-state index contributed by atoms with van der Waals surface area (Å²) >= 11 is 0. The molecule has 0 aromatic carbocycles. The second-order valence-electron chi connectivity index (χ2n) is 3.36. The van der Waals surface area contributed by atoms with E-state index in [1.807, 2.05) is 25.9 Å². The first-order chi connectivity index (χ1) is 6.50. The minimum Gasteiger partial charge on any atom is -0.387 e. The van der Waals surface area contributed by atoms with Gasteiger partial charge in [0.25, 0.3) is 0 Å². The van der Waals surface area contributed by atoms with Crippen molar-refractivity contribution in [1.82, 2.24) is 9.97 Å². The van der Waals surface area contributed by atoms with Crippen molar-refractivity contribution in [2.45, 2.75) is 13.3 Å². The third-order valence-corrected chi connectivity index (χ3v) is 1.77. The lowest BCUT2D eigenvalue weighted by atomic mass is 10.2. The van der Waals surface area contributed by atoms with Crippen LogP contribution < -0.4 is 10.6 Å². The molecule has 0 bridgehead atoms. The molecular weight excluding hydrogens is 178 g/mol. The Labute approximate surface area is 83.5 Å². The Bertz CT molecular complexity index is 345. The molecule has 1 rings (SSSR count). The van der Waals surface area contributed by atoms with Crippen molar-refractivity contribution in [3.8, 4) is 0 Å². The first-order valence-corrected chi connectivity index (χ1v) is 4.33. The number of nitrogens with one attached hydrogen (secondary N) is 1. The minimum atomic E-state index is 0.126. The quantitative estimate of drug-likeness (QED) is 0.535. The van der Waals surface area contributed by atoms with E-state index in [1.54, 1.807) is 6.20 Å². The van der Waals surface area contributed by atoms with E-state index in [2.05, 4.69) is 9.97 Å². The van der Waals surface area contributed by atoms with Crippen LogP contribution in [0.3, 0.4) is 0 Å². The largest absolute Gasteiger partial charge is 0.387 e. The lowest BCUT2D eigenvalue weighted by Crippen LogP contribution is -2.19. The summed E-state index contributed by atoms with van der Waals surface area (Å²) in [5.41, 5.74) is 6.22.